The van der Waals surface area contributed by atoms with Gasteiger partial charge in [0.25, 0.3) is 0 Å². The number of hydrogen-bond acceptors (Lipinski definition) is 5. The van der Waals surface area contributed by atoms with Gasteiger partial charge in [0.15, 0.2) is 5.78 Å². The van der Waals surface area contributed by atoms with Crippen LogP contribution in [0.25, 0.3) is 0 Å². The molecule has 0 saturated carbocycles. The smallest absolute Gasteiger partial charge is 0.162 e. The number of ketones is 1. The molecule has 1 unspecified atom stereocenters. The lowest BCUT2D eigenvalue weighted by molar-refractivity contribution is -0.118. The van der Waals surface area contributed by atoms with Crippen LogP contribution >= 0.6 is 11.8 Å². The van der Waals surface area contributed by atoms with Gasteiger partial charge in [0.05, 0.1) is 28.3 Å². The molecular formula is C20H19FN4OS. The minimum Gasteiger partial charge on any atom is -0.322 e. The molecular weight excluding hydrogens is 363 g/mol. The lowest BCUT2D eigenvalue weighted by atomic mass is 9.69. The van der Waals surface area contributed by atoms with Crippen molar-refractivity contribution in [1.29, 1.82) is 5.26 Å². The summed E-state index contributed by atoms with van der Waals surface area (Å²) in [7, 11) is 0. The molecule has 1 atom stereocenters. The lowest BCUT2D eigenvalue weighted by Crippen LogP contribution is -2.40. The van der Waals surface area contributed by atoms with E-state index in [0.717, 1.165) is 16.3 Å². The third-order valence-electron chi connectivity index (χ3n) is 5.25. The van der Waals surface area contributed by atoms with Gasteiger partial charge in [-0.25, -0.2) is 4.39 Å². The molecule has 7 heteroatoms. The molecule has 1 saturated heterocycles. The number of hydrazone groups is 1. The molecule has 0 amide bonds. The van der Waals surface area contributed by atoms with Gasteiger partial charge < -0.3 is 5.84 Å². The number of halogens is 1. The minimum absolute atomic E-state index is 0.0237. The largest absolute Gasteiger partial charge is 0.322 e. The number of rotatable bonds is 1. The SMILES string of the molecule is CC1(C)CC(=O)C2=C(C1)N1C(=C(C#N)C2c2ccc(F)cc2)SC/C1=N\N. The molecule has 1 fully saturated rings. The Labute approximate surface area is 161 Å². The summed E-state index contributed by atoms with van der Waals surface area (Å²) in [5, 5.41) is 14.6. The normalized spacial score (nSPS) is 25.6. The standard InChI is InChI=1S/C20H19FN4OS/c1-20(2)7-14-18(15(26)8-20)17(11-3-5-12(21)6-4-11)13(9-22)19-25(14)16(24-23)10-27-19/h3-6,17H,7-8,10,23H2,1-2H3/b24-16+. The van der Waals surface area contributed by atoms with Crippen molar-refractivity contribution in [3.63, 3.8) is 0 Å². The number of Topliss-reactive ketones (excluding diaryl/α,β-unsaturated/α-hetero) is 1. The number of nitrogens with zero attached hydrogens (tertiary/aromatic N) is 3. The van der Waals surface area contributed by atoms with Gasteiger partial charge in [-0.1, -0.05) is 37.7 Å². The van der Waals surface area contributed by atoms with Gasteiger partial charge in [0.2, 0.25) is 0 Å². The van der Waals surface area contributed by atoms with E-state index in [9.17, 15) is 14.4 Å². The van der Waals surface area contributed by atoms with Crippen molar-refractivity contribution < 1.29 is 9.18 Å². The van der Waals surface area contributed by atoms with Crippen LogP contribution in [-0.2, 0) is 4.79 Å². The fourth-order valence-corrected chi connectivity index (χ4v) is 5.28. The van der Waals surface area contributed by atoms with Gasteiger partial charge in [0, 0.05) is 17.7 Å². The van der Waals surface area contributed by atoms with Crippen LogP contribution in [-0.4, -0.2) is 22.3 Å². The first-order valence-electron chi connectivity index (χ1n) is 8.72. The van der Waals surface area contributed by atoms with E-state index >= 15 is 0 Å². The number of hydrogen-bond donors (Lipinski definition) is 1. The monoisotopic (exact) mass is 382 g/mol. The predicted molar refractivity (Wildman–Crippen MR) is 103 cm³/mol. The molecule has 1 aromatic rings. The van der Waals surface area contributed by atoms with Gasteiger partial charge in [0.1, 0.15) is 11.7 Å². The van der Waals surface area contributed by atoms with Crippen molar-refractivity contribution in [3.8, 4) is 6.07 Å². The lowest BCUT2D eigenvalue weighted by Gasteiger charge is -2.42. The molecule has 2 N–H and O–H groups in total. The second-order valence-corrected chi connectivity index (χ2v) is 8.75. The summed E-state index contributed by atoms with van der Waals surface area (Å²) < 4.78 is 13.5. The van der Waals surface area contributed by atoms with Crippen molar-refractivity contribution in [1.82, 2.24) is 4.90 Å². The van der Waals surface area contributed by atoms with Crippen LogP contribution in [0.2, 0.25) is 0 Å². The van der Waals surface area contributed by atoms with E-state index in [1.165, 1.54) is 23.9 Å². The summed E-state index contributed by atoms with van der Waals surface area (Å²) in [6.07, 6.45) is 1.10. The molecule has 2 heterocycles. The van der Waals surface area contributed by atoms with Crippen LogP contribution in [0.1, 0.15) is 38.2 Å². The highest BCUT2D eigenvalue weighted by atomic mass is 32.2. The van der Waals surface area contributed by atoms with Crippen LogP contribution in [0.3, 0.4) is 0 Å². The Bertz CT molecular complexity index is 969. The first-order chi connectivity index (χ1) is 12.9. The Hall–Kier alpha value is -2.59. The third-order valence-corrected chi connectivity index (χ3v) is 6.32. The Balaban J connectivity index is 1.99. The zero-order valence-corrected chi connectivity index (χ0v) is 15.9. The van der Waals surface area contributed by atoms with Gasteiger partial charge in [-0.2, -0.15) is 10.4 Å². The summed E-state index contributed by atoms with van der Waals surface area (Å²) in [5.41, 5.74) is 2.54. The minimum atomic E-state index is -0.481. The van der Waals surface area contributed by atoms with Crippen molar-refractivity contribution >= 4 is 23.4 Å². The Morgan fingerprint density at radius 3 is 2.67 bits per heavy atom. The highest BCUT2D eigenvalue weighted by molar-refractivity contribution is 8.04. The molecule has 3 aliphatic rings. The first-order valence-corrected chi connectivity index (χ1v) is 9.70. The second kappa shape index (κ2) is 6.24. The second-order valence-electron chi connectivity index (χ2n) is 7.79. The number of nitriles is 1. The zero-order chi connectivity index (χ0) is 19.3. The topological polar surface area (TPSA) is 82.5 Å². The van der Waals surface area contributed by atoms with Crippen LogP contribution in [0.15, 0.2) is 51.2 Å². The highest BCUT2D eigenvalue weighted by Gasteiger charge is 2.47. The van der Waals surface area contributed by atoms with Crippen LogP contribution in [0.5, 0.6) is 0 Å². The third kappa shape index (κ3) is 2.76. The number of amidine groups is 1. The van der Waals surface area contributed by atoms with Crippen LogP contribution < -0.4 is 5.84 Å². The maximum absolute atomic E-state index is 13.5. The quantitative estimate of drug-likeness (QED) is 0.592. The molecule has 0 aromatic heterocycles. The Kier molecular flexibility index (Phi) is 4.11. The number of carbonyl (C=O) groups excluding carboxylic acids is 1. The molecule has 138 valence electrons. The van der Waals surface area contributed by atoms with Crippen LogP contribution in [0, 0.1) is 22.6 Å². The summed E-state index contributed by atoms with van der Waals surface area (Å²) in [6.45, 7) is 4.13. The molecule has 0 spiro atoms. The number of fused-ring (bicyclic) bond motifs is 2. The number of carbonyl (C=O) groups is 1. The van der Waals surface area contributed by atoms with E-state index in [0.29, 0.717) is 35.6 Å². The summed E-state index contributed by atoms with van der Waals surface area (Å²) in [4.78, 5) is 15.1. The molecule has 27 heavy (non-hydrogen) atoms. The van der Waals surface area contributed by atoms with Crippen molar-refractivity contribution in [2.45, 2.75) is 32.6 Å². The highest BCUT2D eigenvalue weighted by Crippen LogP contribution is 2.53. The number of thioether (sulfide) groups is 1. The molecule has 4 rings (SSSR count). The van der Waals surface area contributed by atoms with E-state index in [1.54, 1.807) is 12.1 Å². The fourth-order valence-electron chi connectivity index (χ4n) is 4.15. The molecule has 1 aliphatic carbocycles. The van der Waals surface area contributed by atoms with Gasteiger partial charge in [-0.15, -0.1) is 0 Å². The average Bonchev–Trinajstić information content (AvgIpc) is 3.05. The first kappa shape index (κ1) is 17.8. The summed E-state index contributed by atoms with van der Waals surface area (Å²) in [6, 6.07) is 8.35. The maximum Gasteiger partial charge on any atom is 0.162 e. The van der Waals surface area contributed by atoms with E-state index in [4.69, 9.17) is 5.84 Å². The van der Waals surface area contributed by atoms with Crippen molar-refractivity contribution in [2.75, 3.05) is 5.75 Å². The Morgan fingerprint density at radius 1 is 1.33 bits per heavy atom. The van der Waals surface area contributed by atoms with E-state index < -0.39 is 5.92 Å². The van der Waals surface area contributed by atoms with Gasteiger partial charge >= 0.3 is 0 Å². The molecule has 0 bridgehead atoms. The number of benzene rings is 1. The molecule has 2 aliphatic heterocycles. The van der Waals surface area contributed by atoms with Gasteiger partial charge in [-0.05, 0) is 29.5 Å². The predicted octanol–water partition coefficient (Wildman–Crippen LogP) is 3.62. The summed E-state index contributed by atoms with van der Waals surface area (Å²) in [5.74, 6) is 5.99. The Morgan fingerprint density at radius 2 is 2.04 bits per heavy atom. The number of allylic oxidation sites excluding steroid dienone is 3. The fraction of sp³-hybridized carbons (Fsp3) is 0.350. The van der Waals surface area contributed by atoms with E-state index in [1.807, 2.05) is 4.90 Å². The molecule has 0 radical (unpaired) electrons. The summed E-state index contributed by atoms with van der Waals surface area (Å²) >= 11 is 1.50. The average molecular weight is 382 g/mol. The van der Waals surface area contributed by atoms with E-state index in [-0.39, 0.29) is 17.0 Å². The maximum atomic E-state index is 13.5. The van der Waals surface area contributed by atoms with Crippen molar-refractivity contribution in [3.05, 3.63) is 57.5 Å². The van der Waals surface area contributed by atoms with Gasteiger partial charge in [-0.3, -0.25) is 9.69 Å². The van der Waals surface area contributed by atoms with Crippen molar-refractivity contribution in [2.24, 2.45) is 16.4 Å². The number of nitrogens with two attached hydrogens (primary N) is 1. The van der Waals surface area contributed by atoms with E-state index in [2.05, 4.69) is 25.0 Å². The molecule has 5 nitrogen and oxygen atoms in total. The molecule has 1 aromatic carbocycles. The zero-order valence-electron chi connectivity index (χ0n) is 15.1. The van der Waals surface area contributed by atoms with Crippen LogP contribution in [0.4, 0.5) is 4.39 Å².